The average molecular weight is 347 g/mol. The molecule has 1 N–H and O–H groups in total. The van der Waals surface area contributed by atoms with Gasteiger partial charge in [0.05, 0.1) is 22.6 Å². The van der Waals surface area contributed by atoms with Crippen LogP contribution in [0.1, 0.15) is 23.2 Å². The molecule has 0 aliphatic carbocycles. The van der Waals surface area contributed by atoms with E-state index in [0.717, 1.165) is 12.8 Å². The molecule has 0 aromatic heterocycles. The Morgan fingerprint density at radius 2 is 2.00 bits per heavy atom. The maximum Gasteiger partial charge on any atom is 0.339 e. The number of hydrogen-bond acceptors (Lipinski definition) is 5. The second-order valence-corrected chi connectivity index (χ2v) is 7.45. The standard InChI is InChI=1S/C14H19ClN2O4S/c1-16-10-5-7-17(8-6-10)22(19,20)11-3-4-12(13(15)9-11)14(18)21-2/h3-4,9-10,16H,5-8H2,1-2H3. The monoisotopic (exact) mass is 346 g/mol. The van der Waals surface area contributed by atoms with Crippen molar-refractivity contribution in [2.24, 2.45) is 0 Å². The molecular weight excluding hydrogens is 328 g/mol. The lowest BCUT2D eigenvalue weighted by Gasteiger charge is -2.31. The second-order valence-electron chi connectivity index (χ2n) is 5.10. The van der Waals surface area contributed by atoms with Gasteiger partial charge in [0, 0.05) is 19.1 Å². The SMILES string of the molecule is CNC1CCN(S(=O)(=O)c2ccc(C(=O)OC)c(Cl)c2)CC1. The molecule has 0 atom stereocenters. The number of ether oxygens (including phenoxy) is 1. The molecule has 1 aromatic carbocycles. The van der Waals surface area contributed by atoms with Crippen molar-refractivity contribution in [3.63, 3.8) is 0 Å². The highest BCUT2D eigenvalue weighted by Gasteiger charge is 2.29. The molecule has 0 unspecified atom stereocenters. The van der Waals surface area contributed by atoms with Crippen molar-refractivity contribution in [1.29, 1.82) is 0 Å². The lowest BCUT2D eigenvalue weighted by molar-refractivity contribution is 0.0601. The van der Waals surface area contributed by atoms with E-state index in [-0.39, 0.29) is 15.5 Å². The van der Waals surface area contributed by atoms with Crippen LogP contribution in [0.15, 0.2) is 23.1 Å². The van der Waals surface area contributed by atoms with E-state index in [1.54, 1.807) is 0 Å². The summed E-state index contributed by atoms with van der Waals surface area (Å²) in [4.78, 5) is 11.6. The number of hydrogen-bond donors (Lipinski definition) is 1. The van der Waals surface area contributed by atoms with Gasteiger partial charge in [-0.3, -0.25) is 0 Å². The van der Waals surface area contributed by atoms with Gasteiger partial charge in [0.2, 0.25) is 10.0 Å². The molecule has 1 aliphatic rings. The summed E-state index contributed by atoms with van der Waals surface area (Å²) < 4.78 is 31.3. The predicted molar refractivity (Wildman–Crippen MR) is 83.6 cm³/mol. The van der Waals surface area contributed by atoms with Crippen molar-refractivity contribution in [3.8, 4) is 0 Å². The third kappa shape index (κ3) is 3.43. The number of sulfonamides is 1. The molecule has 1 aliphatic heterocycles. The van der Waals surface area contributed by atoms with E-state index in [9.17, 15) is 13.2 Å². The zero-order valence-electron chi connectivity index (χ0n) is 12.5. The van der Waals surface area contributed by atoms with Gasteiger partial charge < -0.3 is 10.1 Å². The molecule has 122 valence electrons. The molecule has 0 spiro atoms. The number of rotatable bonds is 4. The Morgan fingerprint density at radius 3 is 2.50 bits per heavy atom. The summed E-state index contributed by atoms with van der Waals surface area (Å²) in [5.41, 5.74) is 0.150. The molecule has 6 nitrogen and oxygen atoms in total. The highest BCUT2D eigenvalue weighted by molar-refractivity contribution is 7.89. The van der Waals surface area contributed by atoms with Crippen LogP contribution < -0.4 is 5.32 Å². The van der Waals surface area contributed by atoms with Crippen LogP contribution in [0, 0.1) is 0 Å². The molecule has 1 fully saturated rings. The minimum atomic E-state index is -3.60. The highest BCUT2D eigenvalue weighted by Crippen LogP contribution is 2.25. The molecule has 1 heterocycles. The fraction of sp³-hybridized carbons (Fsp3) is 0.500. The predicted octanol–water partition coefficient (Wildman–Crippen LogP) is 1.50. The van der Waals surface area contributed by atoms with Crippen LogP contribution >= 0.6 is 11.6 Å². The van der Waals surface area contributed by atoms with Gasteiger partial charge in [-0.1, -0.05) is 11.6 Å². The summed E-state index contributed by atoms with van der Waals surface area (Å²) in [5.74, 6) is -0.594. The van der Waals surface area contributed by atoms with Gasteiger partial charge in [0.25, 0.3) is 0 Å². The molecule has 0 saturated carbocycles. The zero-order valence-corrected chi connectivity index (χ0v) is 14.1. The van der Waals surface area contributed by atoms with Gasteiger partial charge in [-0.2, -0.15) is 4.31 Å². The first-order valence-corrected chi connectivity index (χ1v) is 8.77. The number of carbonyl (C=O) groups is 1. The van der Waals surface area contributed by atoms with Crippen LogP contribution in [-0.4, -0.2) is 52.0 Å². The van der Waals surface area contributed by atoms with E-state index in [1.807, 2.05) is 7.05 Å². The van der Waals surface area contributed by atoms with Crippen molar-refractivity contribution in [2.75, 3.05) is 27.2 Å². The topological polar surface area (TPSA) is 75.7 Å². The summed E-state index contributed by atoms with van der Waals surface area (Å²) in [7, 11) is -0.476. The zero-order chi connectivity index (χ0) is 16.3. The number of carbonyl (C=O) groups excluding carboxylic acids is 1. The number of halogens is 1. The van der Waals surface area contributed by atoms with Gasteiger partial charge >= 0.3 is 5.97 Å². The highest BCUT2D eigenvalue weighted by atomic mass is 35.5. The summed E-state index contributed by atoms with van der Waals surface area (Å²) in [5, 5.41) is 3.22. The molecule has 2 rings (SSSR count). The Labute approximate surface area is 135 Å². The van der Waals surface area contributed by atoms with Crippen LogP contribution in [0.4, 0.5) is 0 Å². The number of esters is 1. The lowest BCUT2D eigenvalue weighted by Crippen LogP contribution is -2.43. The fourth-order valence-electron chi connectivity index (χ4n) is 2.47. The maximum atomic E-state index is 12.6. The summed E-state index contributed by atoms with van der Waals surface area (Å²) in [6.45, 7) is 0.925. The number of benzene rings is 1. The Kier molecular flexibility index (Phi) is 5.44. The minimum Gasteiger partial charge on any atom is -0.465 e. The second kappa shape index (κ2) is 6.95. The van der Waals surface area contributed by atoms with Crippen LogP contribution in [0.3, 0.4) is 0 Å². The average Bonchev–Trinajstić information content (AvgIpc) is 2.54. The molecule has 1 aromatic rings. The Balaban J connectivity index is 2.23. The first-order chi connectivity index (χ1) is 10.4. The number of piperidine rings is 1. The number of nitrogens with zero attached hydrogens (tertiary/aromatic N) is 1. The molecule has 1 saturated heterocycles. The van der Waals surface area contributed by atoms with Gasteiger partial charge in [0.15, 0.2) is 0 Å². The van der Waals surface area contributed by atoms with E-state index in [4.69, 9.17) is 11.6 Å². The maximum absolute atomic E-state index is 12.6. The minimum absolute atomic E-state index is 0.0676. The number of nitrogens with one attached hydrogen (secondary N) is 1. The van der Waals surface area contributed by atoms with Crippen LogP contribution in [-0.2, 0) is 14.8 Å². The van der Waals surface area contributed by atoms with Crippen molar-refractivity contribution in [2.45, 2.75) is 23.8 Å². The summed E-state index contributed by atoms with van der Waals surface area (Å²) in [6, 6.07) is 4.41. The van der Waals surface area contributed by atoms with Crippen molar-refractivity contribution >= 4 is 27.6 Å². The van der Waals surface area contributed by atoms with Gasteiger partial charge in [-0.15, -0.1) is 0 Å². The molecule has 0 amide bonds. The Morgan fingerprint density at radius 1 is 1.36 bits per heavy atom. The third-order valence-electron chi connectivity index (χ3n) is 3.85. The Hall–Kier alpha value is -1.15. The van der Waals surface area contributed by atoms with Gasteiger partial charge in [-0.25, -0.2) is 13.2 Å². The van der Waals surface area contributed by atoms with Crippen molar-refractivity contribution < 1.29 is 17.9 Å². The van der Waals surface area contributed by atoms with Crippen LogP contribution in [0.2, 0.25) is 5.02 Å². The quantitative estimate of drug-likeness (QED) is 0.836. The lowest BCUT2D eigenvalue weighted by atomic mass is 10.1. The van der Waals surface area contributed by atoms with Crippen LogP contribution in [0.5, 0.6) is 0 Å². The van der Waals surface area contributed by atoms with Gasteiger partial charge in [-0.05, 0) is 38.1 Å². The van der Waals surface area contributed by atoms with Crippen molar-refractivity contribution in [1.82, 2.24) is 9.62 Å². The molecule has 0 bridgehead atoms. The first-order valence-electron chi connectivity index (χ1n) is 6.95. The molecule has 0 radical (unpaired) electrons. The third-order valence-corrected chi connectivity index (χ3v) is 6.05. The summed E-state index contributed by atoms with van der Waals surface area (Å²) in [6.07, 6.45) is 1.54. The van der Waals surface area contributed by atoms with Crippen molar-refractivity contribution in [3.05, 3.63) is 28.8 Å². The smallest absolute Gasteiger partial charge is 0.339 e. The van der Waals surface area contributed by atoms with Crippen LogP contribution in [0.25, 0.3) is 0 Å². The number of methoxy groups -OCH3 is 1. The first kappa shape index (κ1) is 17.2. The molecular formula is C14H19ClN2O4S. The van der Waals surface area contributed by atoms with Gasteiger partial charge in [0.1, 0.15) is 0 Å². The fourth-order valence-corrected chi connectivity index (χ4v) is 4.28. The van der Waals surface area contributed by atoms with E-state index in [1.165, 1.54) is 29.6 Å². The van der Waals surface area contributed by atoms with E-state index in [2.05, 4.69) is 10.1 Å². The molecule has 8 heteroatoms. The Bertz CT molecular complexity index is 655. The van der Waals surface area contributed by atoms with E-state index >= 15 is 0 Å². The normalized spacial score (nSPS) is 17.4. The summed E-state index contributed by atoms with van der Waals surface area (Å²) >= 11 is 6.00. The van der Waals surface area contributed by atoms with E-state index < -0.39 is 16.0 Å². The largest absolute Gasteiger partial charge is 0.465 e. The molecule has 22 heavy (non-hydrogen) atoms. The van der Waals surface area contributed by atoms with E-state index in [0.29, 0.717) is 19.1 Å².